The minimum atomic E-state index is -0.852. The van der Waals surface area contributed by atoms with E-state index in [1.165, 1.54) is 0 Å². The summed E-state index contributed by atoms with van der Waals surface area (Å²) in [5.74, 6) is -0.329. The molecule has 0 aliphatic carbocycles. The number of hydrogen-bond donors (Lipinski definition) is 1. The first-order valence-electron chi connectivity index (χ1n) is 5.89. The number of amides is 2. The molecule has 1 N–H and O–H groups in total. The summed E-state index contributed by atoms with van der Waals surface area (Å²) in [6.45, 7) is 4.43. The Balaban J connectivity index is 2.32. The lowest BCUT2D eigenvalue weighted by Crippen LogP contribution is -2.63. The van der Waals surface area contributed by atoms with E-state index < -0.39 is 5.54 Å². The van der Waals surface area contributed by atoms with Crippen molar-refractivity contribution in [2.24, 2.45) is 0 Å². The number of nitrogens with one attached hydrogen (secondary N) is 1. The highest BCUT2D eigenvalue weighted by molar-refractivity contribution is 9.10. The van der Waals surface area contributed by atoms with Crippen LogP contribution in [0.1, 0.15) is 24.2 Å². The second kappa shape index (κ2) is 5.13. The van der Waals surface area contributed by atoms with Gasteiger partial charge in [0.2, 0.25) is 5.91 Å². The van der Waals surface area contributed by atoms with Crippen LogP contribution in [-0.4, -0.2) is 35.3 Å². The van der Waals surface area contributed by atoms with Crippen molar-refractivity contribution in [3.05, 3.63) is 33.3 Å². The first-order valence-corrected chi connectivity index (χ1v) is 7.06. The van der Waals surface area contributed by atoms with E-state index in [2.05, 4.69) is 21.2 Å². The molecule has 2 rings (SSSR count). The fraction of sp³-hybridized carbons (Fsp3) is 0.385. The number of halogens is 2. The zero-order valence-corrected chi connectivity index (χ0v) is 13.0. The van der Waals surface area contributed by atoms with E-state index in [1.54, 1.807) is 36.9 Å². The average Bonchev–Trinajstić information content (AvgIpc) is 2.35. The molecule has 0 radical (unpaired) electrons. The molecule has 0 saturated carbocycles. The van der Waals surface area contributed by atoms with Crippen molar-refractivity contribution >= 4 is 39.3 Å². The maximum atomic E-state index is 12.5. The number of hydrogen-bond acceptors (Lipinski definition) is 2. The monoisotopic (exact) mass is 344 g/mol. The highest BCUT2D eigenvalue weighted by Gasteiger charge is 2.40. The Bertz CT molecular complexity index is 545. The van der Waals surface area contributed by atoms with Crippen LogP contribution < -0.4 is 5.32 Å². The molecule has 102 valence electrons. The minimum absolute atomic E-state index is 0.143. The summed E-state index contributed by atoms with van der Waals surface area (Å²) in [6, 6.07) is 5.03. The normalized spacial score (nSPS) is 18.1. The van der Waals surface area contributed by atoms with Gasteiger partial charge in [-0.25, -0.2) is 0 Å². The second-order valence-electron chi connectivity index (χ2n) is 4.90. The van der Waals surface area contributed by atoms with Crippen molar-refractivity contribution in [1.29, 1.82) is 0 Å². The van der Waals surface area contributed by atoms with Gasteiger partial charge in [-0.15, -0.1) is 0 Å². The van der Waals surface area contributed by atoms with Crippen molar-refractivity contribution < 1.29 is 9.59 Å². The van der Waals surface area contributed by atoms with Gasteiger partial charge < -0.3 is 10.2 Å². The lowest BCUT2D eigenvalue weighted by atomic mass is 9.97. The molecule has 0 aromatic heterocycles. The number of nitrogens with zero attached hydrogens (tertiary/aromatic N) is 1. The van der Waals surface area contributed by atoms with E-state index in [0.717, 1.165) is 4.47 Å². The largest absolute Gasteiger partial charge is 0.352 e. The summed E-state index contributed by atoms with van der Waals surface area (Å²) < 4.78 is 0.737. The topological polar surface area (TPSA) is 49.4 Å². The molecule has 1 aliphatic heterocycles. The van der Waals surface area contributed by atoms with Gasteiger partial charge in [0.25, 0.3) is 5.91 Å². The van der Waals surface area contributed by atoms with Crippen LogP contribution in [0.15, 0.2) is 22.7 Å². The molecule has 1 aromatic rings. The number of rotatable bonds is 1. The molecule has 0 spiro atoms. The van der Waals surface area contributed by atoms with Crippen molar-refractivity contribution in [2.45, 2.75) is 19.4 Å². The van der Waals surface area contributed by atoms with Crippen LogP contribution in [0.2, 0.25) is 5.02 Å². The van der Waals surface area contributed by atoms with Crippen LogP contribution in [0.25, 0.3) is 0 Å². The highest BCUT2D eigenvalue weighted by Crippen LogP contribution is 2.26. The molecule has 0 atom stereocenters. The molecular weight excluding hydrogens is 332 g/mol. The zero-order valence-electron chi connectivity index (χ0n) is 10.7. The predicted molar refractivity (Wildman–Crippen MR) is 77.3 cm³/mol. The Morgan fingerprint density at radius 2 is 2.16 bits per heavy atom. The van der Waals surface area contributed by atoms with Crippen LogP contribution in [-0.2, 0) is 4.79 Å². The summed E-state index contributed by atoms with van der Waals surface area (Å²) in [6.07, 6.45) is 0. The fourth-order valence-electron chi connectivity index (χ4n) is 2.04. The van der Waals surface area contributed by atoms with Gasteiger partial charge in [-0.2, -0.15) is 0 Å². The average molecular weight is 346 g/mol. The number of piperazine rings is 1. The Kier molecular flexibility index (Phi) is 3.87. The van der Waals surface area contributed by atoms with Crippen LogP contribution in [0.3, 0.4) is 0 Å². The molecule has 1 fully saturated rings. The standard InChI is InChI=1S/C13H14BrClN2O2/c1-13(2)12(19)16-5-6-17(13)11(18)8-3-4-9(14)10(15)7-8/h3-4,7H,5-6H2,1-2H3,(H,16,19). The molecule has 0 unspecified atom stereocenters. The van der Waals surface area contributed by atoms with E-state index in [9.17, 15) is 9.59 Å². The van der Waals surface area contributed by atoms with E-state index in [1.807, 2.05) is 0 Å². The first-order chi connectivity index (χ1) is 8.84. The van der Waals surface area contributed by atoms with Gasteiger partial charge >= 0.3 is 0 Å². The molecule has 6 heteroatoms. The quantitative estimate of drug-likeness (QED) is 0.850. The van der Waals surface area contributed by atoms with Gasteiger partial charge in [0.05, 0.1) is 5.02 Å². The number of carbonyl (C=O) groups excluding carboxylic acids is 2. The van der Waals surface area contributed by atoms with Gasteiger partial charge in [0.1, 0.15) is 5.54 Å². The third-order valence-electron chi connectivity index (χ3n) is 3.26. The summed E-state index contributed by atoms with van der Waals surface area (Å²) >= 11 is 9.29. The highest BCUT2D eigenvalue weighted by atomic mass is 79.9. The summed E-state index contributed by atoms with van der Waals surface area (Å²) in [5, 5.41) is 3.24. The van der Waals surface area contributed by atoms with Gasteiger partial charge in [0.15, 0.2) is 0 Å². The third kappa shape index (κ3) is 2.62. The third-order valence-corrected chi connectivity index (χ3v) is 4.50. The molecule has 1 aliphatic rings. The summed E-state index contributed by atoms with van der Waals surface area (Å²) in [5.41, 5.74) is -0.370. The maximum Gasteiger partial charge on any atom is 0.254 e. The molecule has 2 amide bonds. The van der Waals surface area contributed by atoms with E-state index in [-0.39, 0.29) is 11.8 Å². The summed E-state index contributed by atoms with van der Waals surface area (Å²) in [4.78, 5) is 25.9. The number of carbonyl (C=O) groups is 2. The lowest BCUT2D eigenvalue weighted by molar-refractivity contribution is -0.133. The minimum Gasteiger partial charge on any atom is -0.352 e. The molecule has 0 bridgehead atoms. The van der Waals surface area contributed by atoms with Gasteiger partial charge in [0, 0.05) is 23.1 Å². The van der Waals surface area contributed by atoms with E-state index >= 15 is 0 Å². The zero-order chi connectivity index (χ0) is 14.2. The predicted octanol–water partition coefficient (Wildman–Crippen LogP) is 2.45. The SMILES string of the molecule is CC1(C)C(=O)NCCN1C(=O)c1ccc(Br)c(Cl)c1. The van der Waals surface area contributed by atoms with Gasteiger partial charge in [-0.3, -0.25) is 9.59 Å². The van der Waals surface area contributed by atoms with Crippen molar-refractivity contribution in [3.8, 4) is 0 Å². The molecule has 4 nitrogen and oxygen atoms in total. The molecule has 1 aromatic carbocycles. The molecule has 19 heavy (non-hydrogen) atoms. The van der Waals surface area contributed by atoms with E-state index in [0.29, 0.717) is 23.7 Å². The lowest BCUT2D eigenvalue weighted by Gasteiger charge is -2.41. The van der Waals surface area contributed by atoms with Gasteiger partial charge in [-0.1, -0.05) is 11.6 Å². The second-order valence-corrected chi connectivity index (χ2v) is 6.16. The van der Waals surface area contributed by atoms with Crippen molar-refractivity contribution in [2.75, 3.05) is 13.1 Å². The molecule has 1 saturated heterocycles. The smallest absolute Gasteiger partial charge is 0.254 e. The van der Waals surface area contributed by atoms with Crippen LogP contribution in [0.4, 0.5) is 0 Å². The van der Waals surface area contributed by atoms with Gasteiger partial charge in [-0.05, 0) is 48.0 Å². The van der Waals surface area contributed by atoms with E-state index in [4.69, 9.17) is 11.6 Å². The van der Waals surface area contributed by atoms with Crippen molar-refractivity contribution in [1.82, 2.24) is 10.2 Å². The molecular formula is C13H14BrClN2O2. The molecule has 1 heterocycles. The Hall–Kier alpha value is -1.07. The first kappa shape index (κ1) is 14.3. The Labute approximate surface area is 125 Å². The number of benzene rings is 1. The summed E-state index contributed by atoms with van der Waals surface area (Å²) in [7, 11) is 0. The van der Waals surface area contributed by atoms with Crippen LogP contribution >= 0.6 is 27.5 Å². The van der Waals surface area contributed by atoms with Crippen molar-refractivity contribution in [3.63, 3.8) is 0 Å². The fourth-order valence-corrected chi connectivity index (χ4v) is 2.47. The maximum absolute atomic E-state index is 12.5. The van der Waals surface area contributed by atoms with Crippen LogP contribution in [0.5, 0.6) is 0 Å². The Morgan fingerprint density at radius 3 is 2.79 bits per heavy atom. The Morgan fingerprint density at radius 1 is 1.47 bits per heavy atom. The van der Waals surface area contributed by atoms with Crippen LogP contribution in [0, 0.1) is 0 Å².